The van der Waals surface area contributed by atoms with Crippen LogP contribution in [0.5, 0.6) is 0 Å². The van der Waals surface area contributed by atoms with Crippen molar-refractivity contribution in [3.63, 3.8) is 0 Å². The summed E-state index contributed by atoms with van der Waals surface area (Å²) in [5.74, 6) is -0.0602. The van der Waals surface area contributed by atoms with Crippen LogP contribution in [-0.2, 0) is 13.1 Å². The van der Waals surface area contributed by atoms with Gasteiger partial charge in [-0.1, -0.05) is 0 Å². The third-order valence-corrected chi connectivity index (χ3v) is 2.44. The fourth-order valence-corrected chi connectivity index (χ4v) is 1.67. The Labute approximate surface area is 82.5 Å². The van der Waals surface area contributed by atoms with Crippen LogP contribution < -0.4 is 10.6 Å². The Bertz CT molecular complexity index is 345. The van der Waals surface area contributed by atoms with Crippen molar-refractivity contribution < 1.29 is 4.79 Å². The second-order valence-corrected chi connectivity index (χ2v) is 3.34. The number of carbonyl (C=O) groups excluding carboxylic acids is 1. The molecule has 5 heteroatoms. The van der Waals surface area contributed by atoms with Crippen LogP contribution in [0.3, 0.4) is 0 Å². The Kier molecular flexibility index (Phi) is 2.49. The standard InChI is InChI=1S/C9H14N4O/c1-10-9(14)7-5-12-13-4-2-3-11-6-8(7)13/h5,11H,2-4,6H2,1H3,(H,10,14). The van der Waals surface area contributed by atoms with Crippen molar-refractivity contribution in [3.8, 4) is 0 Å². The van der Waals surface area contributed by atoms with Gasteiger partial charge in [-0.15, -0.1) is 0 Å². The van der Waals surface area contributed by atoms with Crippen molar-refractivity contribution in [2.45, 2.75) is 19.5 Å². The van der Waals surface area contributed by atoms with Crippen LogP contribution in [0.4, 0.5) is 0 Å². The van der Waals surface area contributed by atoms with Crippen LogP contribution in [0.1, 0.15) is 22.5 Å². The summed E-state index contributed by atoms with van der Waals surface area (Å²) in [6.07, 6.45) is 2.70. The quantitative estimate of drug-likeness (QED) is 0.647. The van der Waals surface area contributed by atoms with Gasteiger partial charge in [0.2, 0.25) is 0 Å². The average molecular weight is 194 g/mol. The molecule has 1 aromatic heterocycles. The minimum Gasteiger partial charge on any atom is -0.355 e. The summed E-state index contributed by atoms with van der Waals surface area (Å²) in [6.45, 7) is 2.60. The maximum absolute atomic E-state index is 11.5. The van der Waals surface area contributed by atoms with Crippen LogP contribution in [0.15, 0.2) is 6.20 Å². The number of hydrogen-bond donors (Lipinski definition) is 2. The molecular weight excluding hydrogens is 180 g/mol. The lowest BCUT2D eigenvalue weighted by atomic mass is 10.2. The summed E-state index contributed by atoms with van der Waals surface area (Å²) >= 11 is 0. The van der Waals surface area contributed by atoms with Crippen LogP contribution >= 0.6 is 0 Å². The zero-order valence-electron chi connectivity index (χ0n) is 8.21. The molecule has 0 radical (unpaired) electrons. The maximum Gasteiger partial charge on any atom is 0.254 e. The van der Waals surface area contributed by atoms with Gasteiger partial charge in [0, 0.05) is 20.1 Å². The Morgan fingerprint density at radius 3 is 3.36 bits per heavy atom. The normalized spacial score (nSPS) is 15.8. The highest BCUT2D eigenvalue weighted by Crippen LogP contribution is 2.11. The molecule has 76 valence electrons. The summed E-state index contributed by atoms with van der Waals surface area (Å²) in [6, 6.07) is 0. The molecule has 1 amide bonds. The van der Waals surface area contributed by atoms with Gasteiger partial charge in [-0.25, -0.2) is 0 Å². The monoisotopic (exact) mass is 194 g/mol. The largest absolute Gasteiger partial charge is 0.355 e. The molecule has 0 fully saturated rings. The zero-order chi connectivity index (χ0) is 9.97. The summed E-state index contributed by atoms with van der Waals surface area (Å²) in [7, 11) is 1.64. The first kappa shape index (κ1) is 9.21. The van der Waals surface area contributed by atoms with Crippen molar-refractivity contribution in [2.75, 3.05) is 13.6 Å². The van der Waals surface area contributed by atoms with E-state index in [1.807, 2.05) is 4.68 Å². The summed E-state index contributed by atoms with van der Waals surface area (Å²) in [4.78, 5) is 11.5. The second-order valence-electron chi connectivity index (χ2n) is 3.34. The number of carbonyl (C=O) groups is 1. The van der Waals surface area contributed by atoms with Crippen molar-refractivity contribution in [1.29, 1.82) is 0 Å². The van der Waals surface area contributed by atoms with Crippen molar-refractivity contribution in [2.24, 2.45) is 0 Å². The lowest BCUT2D eigenvalue weighted by Gasteiger charge is -2.03. The van der Waals surface area contributed by atoms with E-state index < -0.39 is 0 Å². The number of amides is 1. The fraction of sp³-hybridized carbons (Fsp3) is 0.556. The van der Waals surface area contributed by atoms with Gasteiger partial charge in [-0.2, -0.15) is 5.10 Å². The molecule has 14 heavy (non-hydrogen) atoms. The first-order valence-corrected chi connectivity index (χ1v) is 4.80. The number of hydrogen-bond acceptors (Lipinski definition) is 3. The molecule has 2 rings (SSSR count). The van der Waals surface area contributed by atoms with Gasteiger partial charge in [0.1, 0.15) is 0 Å². The molecule has 2 heterocycles. The first-order chi connectivity index (χ1) is 6.83. The van der Waals surface area contributed by atoms with Crippen LogP contribution in [0.2, 0.25) is 0 Å². The number of nitrogens with zero attached hydrogens (tertiary/aromatic N) is 2. The highest BCUT2D eigenvalue weighted by atomic mass is 16.1. The van der Waals surface area contributed by atoms with E-state index in [4.69, 9.17) is 0 Å². The molecular formula is C9H14N4O. The molecule has 0 bridgehead atoms. The van der Waals surface area contributed by atoms with Crippen LogP contribution in [-0.4, -0.2) is 29.3 Å². The number of aryl methyl sites for hydroxylation is 1. The molecule has 0 spiro atoms. The van der Waals surface area contributed by atoms with Crippen LogP contribution in [0.25, 0.3) is 0 Å². The molecule has 0 unspecified atom stereocenters. The molecule has 2 N–H and O–H groups in total. The zero-order valence-corrected chi connectivity index (χ0v) is 8.21. The van der Waals surface area contributed by atoms with E-state index in [0.717, 1.165) is 31.7 Å². The molecule has 0 atom stereocenters. The molecule has 5 nitrogen and oxygen atoms in total. The van der Waals surface area contributed by atoms with Gasteiger partial charge in [0.25, 0.3) is 5.91 Å². The molecule has 0 saturated carbocycles. The van der Waals surface area contributed by atoms with Gasteiger partial charge in [-0.3, -0.25) is 9.48 Å². The van der Waals surface area contributed by atoms with Gasteiger partial charge in [-0.05, 0) is 13.0 Å². The molecule has 1 aromatic rings. The first-order valence-electron chi connectivity index (χ1n) is 4.80. The van der Waals surface area contributed by atoms with E-state index in [1.54, 1.807) is 13.2 Å². The highest BCUT2D eigenvalue weighted by Gasteiger charge is 2.17. The van der Waals surface area contributed by atoms with E-state index in [9.17, 15) is 4.79 Å². The van der Waals surface area contributed by atoms with Gasteiger partial charge in [0.05, 0.1) is 17.5 Å². The Hall–Kier alpha value is -1.36. The molecule has 0 aromatic carbocycles. The van der Waals surface area contributed by atoms with Gasteiger partial charge >= 0.3 is 0 Å². The maximum atomic E-state index is 11.5. The topological polar surface area (TPSA) is 59.0 Å². The SMILES string of the molecule is CNC(=O)c1cnn2c1CNCCC2. The van der Waals surface area contributed by atoms with Crippen molar-refractivity contribution >= 4 is 5.91 Å². The number of nitrogens with one attached hydrogen (secondary N) is 2. The minimum absolute atomic E-state index is 0.0602. The molecule has 0 aliphatic carbocycles. The van der Waals surface area contributed by atoms with E-state index in [2.05, 4.69) is 15.7 Å². The van der Waals surface area contributed by atoms with Crippen LogP contribution in [0, 0.1) is 0 Å². The Morgan fingerprint density at radius 2 is 2.57 bits per heavy atom. The van der Waals surface area contributed by atoms with Gasteiger partial charge < -0.3 is 10.6 Å². The molecule has 1 aliphatic heterocycles. The predicted octanol–water partition coefficient (Wildman–Crippen LogP) is -0.264. The Balaban J connectivity index is 2.34. The van der Waals surface area contributed by atoms with E-state index in [1.165, 1.54) is 0 Å². The van der Waals surface area contributed by atoms with Crippen molar-refractivity contribution in [3.05, 3.63) is 17.5 Å². The Morgan fingerprint density at radius 1 is 1.71 bits per heavy atom. The lowest BCUT2D eigenvalue weighted by Crippen LogP contribution is -2.21. The van der Waals surface area contributed by atoms with Crippen molar-refractivity contribution in [1.82, 2.24) is 20.4 Å². The summed E-state index contributed by atoms with van der Waals surface area (Å²) in [5.41, 5.74) is 1.67. The average Bonchev–Trinajstić information content (AvgIpc) is 2.46. The smallest absolute Gasteiger partial charge is 0.254 e. The molecule has 1 aliphatic rings. The highest BCUT2D eigenvalue weighted by molar-refractivity contribution is 5.94. The number of rotatable bonds is 1. The van der Waals surface area contributed by atoms with E-state index in [0.29, 0.717) is 5.56 Å². The van der Waals surface area contributed by atoms with E-state index in [-0.39, 0.29) is 5.91 Å². The molecule has 0 saturated heterocycles. The second kappa shape index (κ2) is 3.79. The lowest BCUT2D eigenvalue weighted by molar-refractivity contribution is 0.0962. The van der Waals surface area contributed by atoms with E-state index >= 15 is 0 Å². The fourth-order valence-electron chi connectivity index (χ4n) is 1.67. The summed E-state index contributed by atoms with van der Waals surface area (Å²) < 4.78 is 1.91. The third-order valence-electron chi connectivity index (χ3n) is 2.44. The minimum atomic E-state index is -0.0602. The van der Waals surface area contributed by atoms with Gasteiger partial charge in [0.15, 0.2) is 0 Å². The number of fused-ring (bicyclic) bond motifs is 1. The summed E-state index contributed by atoms with van der Waals surface area (Å²) in [5, 5.41) is 10.1. The number of aromatic nitrogens is 2. The predicted molar refractivity (Wildman–Crippen MR) is 51.9 cm³/mol. The third kappa shape index (κ3) is 1.50.